The third kappa shape index (κ3) is 2.31. The van der Waals surface area contributed by atoms with Crippen molar-refractivity contribution in [3.8, 4) is 6.07 Å². The summed E-state index contributed by atoms with van der Waals surface area (Å²) in [4.78, 5) is 11.7. The Balaban J connectivity index is 1.67. The fourth-order valence-electron chi connectivity index (χ4n) is 2.88. The molecule has 3 heteroatoms. The molecule has 15 heavy (non-hydrogen) atoms. The minimum absolute atomic E-state index is 0.241. The Morgan fingerprint density at radius 1 is 1.33 bits per heavy atom. The molecule has 0 radical (unpaired) electrons. The average molecular weight is 206 g/mol. The highest BCUT2D eigenvalue weighted by atomic mass is 16.2. The summed E-state index contributed by atoms with van der Waals surface area (Å²) in [5, 5.41) is 11.3. The fraction of sp³-hybridized carbons (Fsp3) is 0.833. The first-order chi connectivity index (χ1) is 7.34. The van der Waals surface area contributed by atoms with Crippen molar-refractivity contribution in [1.29, 1.82) is 5.26 Å². The van der Waals surface area contributed by atoms with E-state index < -0.39 is 0 Å². The number of nitrogens with zero attached hydrogens (tertiary/aromatic N) is 1. The molecule has 2 aliphatic rings. The number of carbonyl (C=O) groups excluding carboxylic acids is 1. The maximum Gasteiger partial charge on any atom is 0.223 e. The van der Waals surface area contributed by atoms with Crippen LogP contribution in [0.5, 0.6) is 0 Å². The van der Waals surface area contributed by atoms with Gasteiger partial charge in [-0.15, -0.1) is 0 Å². The van der Waals surface area contributed by atoms with Crippen LogP contribution >= 0.6 is 0 Å². The van der Waals surface area contributed by atoms with Gasteiger partial charge in [0.15, 0.2) is 0 Å². The minimum Gasteiger partial charge on any atom is -0.356 e. The molecule has 0 aromatic heterocycles. The highest BCUT2D eigenvalue weighted by molar-refractivity contribution is 5.82. The number of unbranched alkanes of at least 4 members (excludes halogenated alkanes) is 1. The van der Waals surface area contributed by atoms with Crippen molar-refractivity contribution in [1.82, 2.24) is 5.32 Å². The molecule has 0 heterocycles. The summed E-state index contributed by atoms with van der Waals surface area (Å²) in [7, 11) is 0. The Bertz CT molecular complexity index is 270. The summed E-state index contributed by atoms with van der Waals surface area (Å²) in [5.74, 6) is 1.93. The number of rotatable bonds is 4. The Morgan fingerprint density at radius 2 is 2.00 bits per heavy atom. The van der Waals surface area contributed by atoms with E-state index in [9.17, 15) is 4.79 Å². The van der Waals surface area contributed by atoms with Gasteiger partial charge in [-0.1, -0.05) is 12.8 Å². The van der Waals surface area contributed by atoms with Crippen molar-refractivity contribution in [2.45, 2.75) is 38.5 Å². The number of carbonyl (C=O) groups is 1. The van der Waals surface area contributed by atoms with Gasteiger partial charge in [0, 0.05) is 18.9 Å². The molecule has 2 fully saturated rings. The van der Waals surface area contributed by atoms with E-state index in [-0.39, 0.29) is 5.91 Å². The molecule has 0 aliphatic heterocycles. The van der Waals surface area contributed by atoms with Crippen molar-refractivity contribution in [3.63, 3.8) is 0 Å². The van der Waals surface area contributed by atoms with Crippen LogP contribution in [0.2, 0.25) is 0 Å². The molecule has 2 aliphatic carbocycles. The van der Waals surface area contributed by atoms with E-state index in [2.05, 4.69) is 11.4 Å². The lowest BCUT2D eigenvalue weighted by Crippen LogP contribution is -2.26. The summed E-state index contributed by atoms with van der Waals surface area (Å²) in [5.41, 5.74) is 0. The SMILES string of the molecule is N#CCCCNC(=O)C1C2CCCCC21. The quantitative estimate of drug-likeness (QED) is 0.713. The third-order valence-electron chi connectivity index (χ3n) is 3.72. The van der Waals surface area contributed by atoms with E-state index in [0.717, 1.165) is 6.42 Å². The van der Waals surface area contributed by atoms with Gasteiger partial charge in [0.25, 0.3) is 0 Å². The Labute approximate surface area is 90.8 Å². The van der Waals surface area contributed by atoms with Crippen LogP contribution in [0.15, 0.2) is 0 Å². The molecule has 2 atom stereocenters. The third-order valence-corrected chi connectivity index (χ3v) is 3.72. The molecule has 2 unspecified atom stereocenters. The lowest BCUT2D eigenvalue weighted by atomic mass is 10.0. The van der Waals surface area contributed by atoms with E-state index >= 15 is 0 Å². The molecule has 0 bridgehead atoms. The number of hydrogen-bond donors (Lipinski definition) is 1. The standard InChI is InChI=1S/C12H18N2O/c13-7-3-4-8-14-12(15)11-9-5-1-2-6-10(9)11/h9-11H,1-6,8H2,(H,14,15). The Kier molecular flexibility index (Phi) is 3.25. The highest BCUT2D eigenvalue weighted by Crippen LogP contribution is 2.55. The van der Waals surface area contributed by atoms with Gasteiger partial charge >= 0.3 is 0 Å². The second kappa shape index (κ2) is 4.65. The van der Waals surface area contributed by atoms with Crippen molar-refractivity contribution in [2.24, 2.45) is 17.8 Å². The molecule has 3 nitrogen and oxygen atoms in total. The van der Waals surface area contributed by atoms with Crippen LogP contribution in [0, 0.1) is 29.1 Å². The smallest absolute Gasteiger partial charge is 0.223 e. The van der Waals surface area contributed by atoms with E-state index in [1.165, 1.54) is 25.7 Å². The molecule has 0 spiro atoms. The first-order valence-corrected chi connectivity index (χ1v) is 5.99. The molecular formula is C12H18N2O. The second-order valence-electron chi connectivity index (χ2n) is 4.69. The first-order valence-electron chi connectivity index (χ1n) is 5.99. The van der Waals surface area contributed by atoms with Crippen molar-refractivity contribution < 1.29 is 4.79 Å². The lowest BCUT2D eigenvalue weighted by molar-refractivity contribution is -0.122. The van der Waals surface area contributed by atoms with Crippen LogP contribution in [0.25, 0.3) is 0 Å². The monoisotopic (exact) mass is 206 g/mol. The molecule has 0 aromatic rings. The molecule has 2 rings (SSSR count). The Morgan fingerprint density at radius 3 is 2.60 bits per heavy atom. The number of hydrogen-bond acceptors (Lipinski definition) is 2. The largest absolute Gasteiger partial charge is 0.356 e. The maximum atomic E-state index is 11.7. The summed E-state index contributed by atoms with van der Waals surface area (Å²) in [6.45, 7) is 0.669. The van der Waals surface area contributed by atoms with Gasteiger partial charge in [0.1, 0.15) is 0 Å². The van der Waals surface area contributed by atoms with E-state index in [4.69, 9.17) is 5.26 Å². The molecule has 0 saturated heterocycles. The van der Waals surface area contributed by atoms with Crippen LogP contribution < -0.4 is 5.32 Å². The zero-order valence-electron chi connectivity index (χ0n) is 9.04. The predicted molar refractivity (Wildman–Crippen MR) is 56.8 cm³/mol. The van der Waals surface area contributed by atoms with Gasteiger partial charge in [-0.05, 0) is 31.1 Å². The molecule has 1 amide bonds. The van der Waals surface area contributed by atoms with Gasteiger partial charge in [-0.3, -0.25) is 4.79 Å². The Hall–Kier alpha value is -1.04. The van der Waals surface area contributed by atoms with Crippen LogP contribution in [-0.4, -0.2) is 12.5 Å². The molecule has 82 valence electrons. The van der Waals surface area contributed by atoms with Crippen LogP contribution in [0.4, 0.5) is 0 Å². The normalized spacial score (nSPS) is 32.6. The van der Waals surface area contributed by atoms with Gasteiger partial charge in [0.2, 0.25) is 5.91 Å². The van der Waals surface area contributed by atoms with Gasteiger partial charge < -0.3 is 5.32 Å². The molecule has 2 saturated carbocycles. The summed E-state index contributed by atoms with van der Waals surface area (Å²) >= 11 is 0. The molecule has 1 N–H and O–H groups in total. The lowest BCUT2D eigenvalue weighted by Gasteiger charge is -2.04. The fourth-order valence-corrected chi connectivity index (χ4v) is 2.88. The zero-order valence-corrected chi connectivity index (χ0v) is 9.04. The van der Waals surface area contributed by atoms with Crippen LogP contribution in [0.3, 0.4) is 0 Å². The van der Waals surface area contributed by atoms with Crippen LogP contribution in [-0.2, 0) is 4.79 Å². The number of fused-ring (bicyclic) bond motifs is 1. The van der Waals surface area contributed by atoms with Gasteiger partial charge in [-0.25, -0.2) is 0 Å². The summed E-state index contributed by atoms with van der Waals surface area (Å²) in [6.07, 6.45) is 6.43. The summed E-state index contributed by atoms with van der Waals surface area (Å²) in [6, 6.07) is 2.08. The first kappa shape index (κ1) is 10.5. The van der Waals surface area contributed by atoms with E-state index in [1.54, 1.807) is 0 Å². The minimum atomic E-state index is 0.241. The number of nitrogens with one attached hydrogen (secondary N) is 1. The molecular weight excluding hydrogens is 188 g/mol. The maximum absolute atomic E-state index is 11.7. The predicted octanol–water partition coefficient (Wildman–Crippen LogP) is 1.84. The average Bonchev–Trinajstić information content (AvgIpc) is 2.98. The highest BCUT2D eigenvalue weighted by Gasteiger charge is 2.54. The van der Waals surface area contributed by atoms with Gasteiger partial charge in [-0.2, -0.15) is 5.26 Å². The second-order valence-corrected chi connectivity index (χ2v) is 4.69. The van der Waals surface area contributed by atoms with E-state index in [1.807, 2.05) is 0 Å². The van der Waals surface area contributed by atoms with Crippen LogP contribution in [0.1, 0.15) is 38.5 Å². The van der Waals surface area contributed by atoms with Gasteiger partial charge in [0.05, 0.1) is 6.07 Å². The molecule has 0 aromatic carbocycles. The van der Waals surface area contributed by atoms with E-state index in [0.29, 0.717) is 30.7 Å². The summed E-state index contributed by atoms with van der Waals surface area (Å²) < 4.78 is 0. The number of nitriles is 1. The zero-order chi connectivity index (χ0) is 10.7. The van der Waals surface area contributed by atoms with Crippen molar-refractivity contribution in [3.05, 3.63) is 0 Å². The van der Waals surface area contributed by atoms with Crippen molar-refractivity contribution >= 4 is 5.91 Å². The topological polar surface area (TPSA) is 52.9 Å². The van der Waals surface area contributed by atoms with Crippen molar-refractivity contribution in [2.75, 3.05) is 6.54 Å². The number of amides is 1.